The third kappa shape index (κ3) is 4.40. The van der Waals surface area contributed by atoms with Gasteiger partial charge in [-0.1, -0.05) is 36.7 Å². The Morgan fingerprint density at radius 2 is 2.17 bits per heavy atom. The molecule has 0 fully saturated rings. The van der Waals surface area contributed by atoms with E-state index < -0.39 is 17.6 Å². The van der Waals surface area contributed by atoms with E-state index in [1.807, 2.05) is 25.1 Å². The van der Waals surface area contributed by atoms with Crippen molar-refractivity contribution in [2.24, 2.45) is 5.92 Å². The molecule has 0 aliphatic heterocycles. The summed E-state index contributed by atoms with van der Waals surface area (Å²) in [4.78, 5) is 28.5. The van der Waals surface area contributed by atoms with Gasteiger partial charge >= 0.3 is 0 Å². The summed E-state index contributed by atoms with van der Waals surface area (Å²) >= 11 is 7.51. The molecule has 5 nitrogen and oxygen atoms in total. The third-order valence-electron chi connectivity index (χ3n) is 3.27. The van der Waals surface area contributed by atoms with Gasteiger partial charge in [-0.2, -0.15) is 5.26 Å². The lowest BCUT2D eigenvalue weighted by Crippen LogP contribution is -2.35. The van der Waals surface area contributed by atoms with Crippen LogP contribution in [0.4, 0.5) is 0 Å². The topological polar surface area (TPSA) is 82.9 Å². The van der Waals surface area contributed by atoms with E-state index in [4.69, 9.17) is 16.9 Å². The number of halogens is 1. The smallest absolute Gasteiger partial charge is 0.245 e. The number of ketones is 1. The van der Waals surface area contributed by atoms with Gasteiger partial charge in [-0.05, 0) is 12.5 Å². The standard InChI is InChI=1S/C17H16ClN3O2S/c1-2-7-20-16(23)13(9-19)15(22)8-11-10-24-17(21-11)12-5-3-4-6-14(12)18/h3-6,10,13H,2,7-8H2,1H3,(H,20,23). The van der Waals surface area contributed by atoms with Crippen molar-refractivity contribution in [1.29, 1.82) is 5.26 Å². The second kappa shape index (κ2) is 8.57. The summed E-state index contributed by atoms with van der Waals surface area (Å²) in [6.45, 7) is 2.34. The highest BCUT2D eigenvalue weighted by molar-refractivity contribution is 7.13. The molecule has 1 aromatic carbocycles. The number of nitrogens with zero attached hydrogens (tertiary/aromatic N) is 2. The maximum absolute atomic E-state index is 12.2. The Morgan fingerprint density at radius 1 is 1.42 bits per heavy atom. The van der Waals surface area contributed by atoms with Crippen molar-refractivity contribution < 1.29 is 9.59 Å². The lowest BCUT2D eigenvalue weighted by atomic mass is 10.0. The van der Waals surface area contributed by atoms with E-state index in [1.54, 1.807) is 17.5 Å². The van der Waals surface area contributed by atoms with Crippen LogP contribution in [0.5, 0.6) is 0 Å². The van der Waals surface area contributed by atoms with Crippen LogP contribution in [0.15, 0.2) is 29.6 Å². The molecule has 1 unspecified atom stereocenters. The minimum absolute atomic E-state index is 0.0568. The van der Waals surface area contributed by atoms with Crippen LogP contribution in [0.25, 0.3) is 10.6 Å². The fourth-order valence-corrected chi connectivity index (χ4v) is 3.19. The number of carbonyl (C=O) groups excluding carboxylic acids is 2. The number of Topliss-reactive ketones (excluding diaryl/α,β-unsaturated/α-hetero) is 1. The van der Waals surface area contributed by atoms with Crippen LogP contribution >= 0.6 is 22.9 Å². The van der Waals surface area contributed by atoms with Gasteiger partial charge in [0, 0.05) is 17.5 Å². The molecule has 0 saturated heterocycles. The number of hydrogen-bond donors (Lipinski definition) is 1. The van der Waals surface area contributed by atoms with Crippen LogP contribution in [0.1, 0.15) is 19.0 Å². The molecule has 7 heteroatoms. The maximum atomic E-state index is 12.2. The molecule has 2 aromatic rings. The maximum Gasteiger partial charge on any atom is 0.245 e. The van der Waals surface area contributed by atoms with E-state index in [0.717, 1.165) is 12.0 Å². The van der Waals surface area contributed by atoms with Crippen molar-refractivity contribution in [3.05, 3.63) is 40.4 Å². The highest BCUT2D eigenvalue weighted by Crippen LogP contribution is 2.30. The van der Waals surface area contributed by atoms with Gasteiger partial charge in [0.2, 0.25) is 5.91 Å². The first-order valence-electron chi connectivity index (χ1n) is 7.46. The number of nitriles is 1. The summed E-state index contributed by atoms with van der Waals surface area (Å²) in [6, 6.07) is 9.08. The number of nitrogens with one attached hydrogen (secondary N) is 1. The normalized spacial score (nSPS) is 11.5. The van der Waals surface area contributed by atoms with Gasteiger partial charge in [-0.15, -0.1) is 11.3 Å². The molecule has 0 spiro atoms. The summed E-state index contributed by atoms with van der Waals surface area (Å²) in [5.41, 5.74) is 1.32. The molecule has 1 N–H and O–H groups in total. The molecule has 2 rings (SSSR count). The molecular formula is C17H16ClN3O2S. The van der Waals surface area contributed by atoms with Gasteiger partial charge < -0.3 is 5.32 Å². The molecule has 1 heterocycles. The van der Waals surface area contributed by atoms with Crippen molar-refractivity contribution in [2.75, 3.05) is 6.54 Å². The zero-order valence-electron chi connectivity index (χ0n) is 13.1. The van der Waals surface area contributed by atoms with Crippen LogP contribution < -0.4 is 5.32 Å². The molecule has 24 heavy (non-hydrogen) atoms. The molecule has 0 saturated carbocycles. The van der Waals surface area contributed by atoms with E-state index in [9.17, 15) is 9.59 Å². The van der Waals surface area contributed by atoms with E-state index in [-0.39, 0.29) is 6.42 Å². The van der Waals surface area contributed by atoms with Gasteiger partial charge in [0.1, 0.15) is 5.01 Å². The van der Waals surface area contributed by atoms with E-state index in [2.05, 4.69) is 10.3 Å². The minimum atomic E-state index is -1.30. The lowest BCUT2D eigenvalue weighted by molar-refractivity contribution is -0.131. The molecule has 0 radical (unpaired) electrons. The van der Waals surface area contributed by atoms with Gasteiger partial charge in [0.15, 0.2) is 11.7 Å². The van der Waals surface area contributed by atoms with E-state index in [0.29, 0.717) is 22.3 Å². The van der Waals surface area contributed by atoms with Crippen LogP contribution in [0.2, 0.25) is 5.02 Å². The molecule has 0 aliphatic carbocycles. The average Bonchev–Trinajstić information content (AvgIpc) is 3.02. The Hall–Kier alpha value is -2.23. The molecule has 124 valence electrons. The molecule has 1 amide bonds. The summed E-state index contributed by atoms with van der Waals surface area (Å²) in [5, 5.41) is 14.7. The number of aromatic nitrogens is 1. The monoisotopic (exact) mass is 361 g/mol. The van der Waals surface area contributed by atoms with Crippen LogP contribution in [0.3, 0.4) is 0 Å². The van der Waals surface area contributed by atoms with Crippen molar-refractivity contribution in [1.82, 2.24) is 10.3 Å². The third-order valence-corrected chi connectivity index (χ3v) is 4.53. The Kier molecular flexibility index (Phi) is 6.47. The van der Waals surface area contributed by atoms with Crippen molar-refractivity contribution in [3.8, 4) is 16.6 Å². The number of amides is 1. The highest BCUT2D eigenvalue weighted by atomic mass is 35.5. The molecule has 0 bridgehead atoms. The van der Waals surface area contributed by atoms with Gasteiger partial charge in [-0.25, -0.2) is 4.98 Å². The Balaban J connectivity index is 2.09. The van der Waals surface area contributed by atoms with Crippen LogP contribution in [-0.2, 0) is 16.0 Å². The molecule has 1 atom stereocenters. The number of carbonyl (C=O) groups is 2. The molecule has 0 aliphatic rings. The summed E-state index contributed by atoms with van der Waals surface area (Å²) < 4.78 is 0. The fraction of sp³-hybridized carbons (Fsp3) is 0.294. The Bertz CT molecular complexity index is 782. The first-order chi connectivity index (χ1) is 11.6. The number of rotatable bonds is 7. The Morgan fingerprint density at radius 3 is 2.83 bits per heavy atom. The quantitative estimate of drug-likeness (QED) is 0.767. The van der Waals surface area contributed by atoms with Crippen LogP contribution in [-0.4, -0.2) is 23.2 Å². The van der Waals surface area contributed by atoms with Crippen LogP contribution in [0, 0.1) is 17.2 Å². The van der Waals surface area contributed by atoms with E-state index >= 15 is 0 Å². The molecule has 1 aromatic heterocycles. The summed E-state index contributed by atoms with van der Waals surface area (Å²) in [7, 11) is 0. The first-order valence-corrected chi connectivity index (χ1v) is 8.72. The SMILES string of the molecule is CCCNC(=O)C(C#N)C(=O)Cc1csc(-c2ccccc2Cl)n1. The number of thiazole rings is 1. The molecular weight excluding hydrogens is 346 g/mol. The Labute approximate surface area is 149 Å². The summed E-state index contributed by atoms with van der Waals surface area (Å²) in [5.74, 6) is -2.31. The largest absolute Gasteiger partial charge is 0.355 e. The predicted octanol–water partition coefficient (Wildman–Crippen LogP) is 3.24. The van der Waals surface area contributed by atoms with Crippen molar-refractivity contribution in [2.45, 2.75) is 19.8 Å². The minimum Gasteiger partial charge on any atom is -0.355 e. The van der Waals surface area contributed by atoms with Gasteiger partial charge in [0.25, 0.3) is 0 Å². The van der Waals surface area contributed by atoms with Gasteiger partial charge in [-0.3, -0.25) is 9.59 Å². The predicted molar refractivity (Wildman–Crippen MR) is 93.7 cm³/mol. The second-order valence-electron chi connectivity index (χ2n) is 5.12. The van der Waals surface area contributed by atoms with Crippen molar-refractivity contribution >= 4 is 34.6 Å². The average molecular weight is 362 g/mol. The number of hydrogen-bond acceptors (Lipinski definition) is 5. The zero-order valence-corrected chi connectivity index (χ0v) is 14.7. The fourth-order valence-electron chi connectivity index (χ4n) is 2.05. The highest BCUT2D eigenvalue weighted by Gasteiger charge is 2.26. The first kappa shape index (κ1) is 18.1. The zero-order chi connectivity index (χ0) is 17.5. The van der Waals surface area contributed by atoms with Crippen molar-refractivity contribution in [3.63, 3.8) is 0 Å². The van der Waals surface area contributed by atoms with E-state index in [1.165, 1.54) is 11.3 Å². The number of benzene rings is 1. The van der Waals surface area contributed by atoms with Gasteiger partial charge in [0.05, 0.1) is 23.2 Å². The summed E-state index contributed by atoms with van der Waals surface area (Å²) in [6.07, 6.45) is 0.685. The second-order valence-corrected chi connectivity index (χ2v) is 6.39. The lowest BCUT2D eigenvalue weighted by Gasteiger charge is -2.07.